The molecule has 1 aromatic carbocycles. The maximum absolute atomic E-state index is 12.6. The molecule has 0 unspecified atom stereocenters. The molecule has 0 fully saturated rings. The van der Waals surface area contributed by atoms with Gasteiger partial charge >= 0.3 is 5.97 Å². The van der Waals surface area contributed by atoms with Gasteiger partial charge in [0, 0.05) is 24.9 Å². The summed E-state index contributed by atoms with van der Waals surface area (Å²) >= 11 is 1.50. The largest absolute Gasteiger partial charge is 0.456 e. The van der Waals surface area contributed by atoms with Crippen molar-refractivity contribution in [2.75, 3.05) is 19.9 Å². The summed E-state index contributed by atoms with van der Waals surface area (Å²) < 4.78 is 5.28. The zero-order valence-electron chi connectivity index (χ0n) is 18.1. The number of ether oxygens (including phenoxy) is 1. The fraction of sp³-hybridized carbons (Fsp3) is 0.478. The van der Waals surface area contributed by atoms with Crippen LogP contribution < -0.4 is 0 Å². The Labute approximate surface area is 182 Å². The van der Waals surface area contributed by atoms with Crippen molar-refractivity contribution in [1.82, 2.24) is 14.9 Å². The molecule has 30 heavy (non-hydrogen) atoms. The van der Waals surface area contributed by atoms with Gasteiger partial charge in [-0.15, -0.1) is 0 Å². The van der Waals surface area contributed by atoms with E-state index in [1.165, 1.54) is 22.9 Å². The van der Waals surface area contributed by atoms with Crippen LogP contribution >= 0.6 is 11.8 Å². The molecule has 1 atom stereocenters. The van der Waals surface area contributed by atoms with Crippen LogP contribution in [0.5, 0.6) is 0 Å². The van der Waals surface area contributed by atoms with Gasteiger partial charge in [0.15, 0.2) is 11.8 Å². The number of aryl methyl sites for hydroxylation is 3. The Hall–Kier alpha value is -2.41. The first-order valence-corrected chi connectivity index (χ1v) is 11.5. The van der Waals surface area contributed by atoms with E-state index in [0.29, 0.717) is 6.42 Å². The van der Waals surface area contributed by atoms with Crippen LogP contribution in [0.15, 0.2) is 29.4 Å². The van der Waals surface area contributed by atoms with Crippen molar-refractivity contribution >= 4 is 23.6 Å². The highest BCUT2D eigenvalue weighted by Gasteiger charge is 2.27. The number of rotatable bonds is 7. The molecule has 0 N–H and O–H groups in total. The van der Waals surface area contributed by atoms with Gasteiger partial charge < -0.3 is 9.64 Å². The highest BCUT2D eigenvalue weighted by atomic mass is 32.2. The molecule has 1 aromatic heterocycles. The Morgan fingerprint density at radius 2 is 1.90 bits per heavy atom. The molecule has 0 saturated heterocycles. The van der Waals surface area contributed by atoms with Crippen LogP contribution in [0.2, 0.25) is 0 Å². The van der Waals surface area contributed by atoms with Gasteiger partial charge in [-0.25, -0.2) is 9.97 Å². The molecule has 0 bridgehead atoms. The molecule has 0 aliphatic heterocycles. The molecule has 1 amide bonds. The molecule has 6 nitrogen and oxygen atoms in total. The van der Waals surface area contributed by atoms with E-state index in [0.717, 1.165) is 41.4 Å². The molecule has 1 aliphatic carbocycles. The number of likely N-dealkylation sites (N-methyl/N-ethyl adjacent to an activating group) is 1. The van der Waals surface area contributed by atoms with Crippen molar-refractivity contribution in [3.05, 3.63) is 52.3 Å². The van der Waals surface area contributed by atoms with E-state index in [2.05, 4.69) is 22.1 Å². The average Bonchev–Trinajstić information content (AvgIpc) is 2.75. The molecule has 2 aromatic rings. The van der Waals surface area contributed by atoms with Gasteiger partial charge in [0.2, 0.25) is 0 Å². The van der Waals surface area contributed by atoms with E-state index in [9.17, 15) is 9.59 Å². The maximum Gasteiger partial charge on any atom is 0.306 e. The predicted octanol–water partition coefficient (Wildman–Crippen LogP) is 3.83. The molecule has 0 spiro atoms. The number of hydrogen-bond donors (Lipinski definition) is 0. The number of carbonyl (C=O) groups excluding carboxylic acids is 2. The Morgan fingerprint density at radius 3 is 2.60 bits per heavy atom. The number of amides is 1. The zero-order valence-corrected chi connectivity index (χ0v) is 18.9. The van der Waals surface area contributed by atoms with Crippen molar-refractivity contribution in [3.63, 3.8) is 0 Å². The quantitative estimate of drug-likeness (QED) is 0.380. The summed E-state index contributed by atoms with van der Waals surface area (Å²) in [5.41, 5.74) is 5.22. The monoisotopic (exact) mass is 427 g/mol. The third-order valence-corrected chi connectivity index (χ3v) is 6.26. The van der Waals surface area contributed by atoms with E-state index in [-0.39, 0.29) is 30.9 Å². The highest BCUT2D eigenvalue weighted by molar-refractivity contribution is 7.98. The predicted molar refractivity (Wildman–Crippen MR) is 117 cm³/mol. The van der Waals surface area contributed by atoms with Crippen LogP contribution in [0.4, 0.5) is 0 Å². The lowest BCUT2D eigenvalue weighted by Crippen LogP contribution is -2.36. The summed E-state index contributed by atoms with van der Waals surface area (Å²) in [5, 5.41) is 0.731. The lowest BCUT2D eigenvalue weighted by molar-refractivity contribution is -0.152. The maximum atomic E-state index is 12.6. The highest BCUT2D eigenvalue weighted by Crippen LogP contribution is 2.33. The van der Waals surface area contributed by atoms with Crippen molar-refractivity contribution in [1.29, 1.82) is 0 Å². The van der Waals surface area contributed by atoms with Crippen LogP contribution in [0.1, 0.15) is 53.4 Å². The average molecular weight is 428 g/mol. The minimum Gasteiger partial charge on any atom is -0.456 e. The minimum absolute atomic E-state index is 0.0403. The van der Waals surface area contributed by atoms with Crippen molar-refractivity contribution in [3.8, 4) is 0 Å². The van der Waals surface area contributed by atoms with Crippen molar-refractivity contribution in [2.24, 2.45) is 0 Å². The van der Waals surface area contributed by atoms with E-state index in [1.54, 1.807) is 11.9 Å². The van der Waals surface area contributed by atoms with Crippen LogP contribution in [0.3, 0.4) is 0 Å². The minimum atomic E-state index is -0.381. The van der Waals surface area contributed by atoms with Gasteiger partial charge in [0.05, 0.1) is 6.04 Å². The number of thioether (sulfide) groups is 1. The molecule has 0 saturated carbocycles. The summed E-state index contributed by atoms with van der Waals surface area (Å²) in [7, 11) is 1.79. The van der Waals surface area contributed by atoms with Gasteiger partial charge in [-0.2, -0.15) is 0 Å². The number of carbonyl (C=O) groups is 2. The Morgan fingerprint density at radius 1 is 1.20 bits per heavy atom. The van der Waals surface area contributed by atoms with Gasteiger partial charge in [0.25, 0.3) is 5.91 Å². The lowest BCUT2D eigenvalue weighted by Gasteiger charge is -2.33. The normalized spacial score (nSPS) is 15.4. The zero-order chi connectivity index (χ0) is 21.7. The fourth-order valence-corrected chi connectivity index (χ4v) is 4.47. The van der Waals surface area contributed by atoms with Crippen LogP contribution in [-0.4, -0.2) is 46.7 Å². The summed E-state index contributed by atoms with van der Waals surface area (Å²) in [6, 6.07) is 8.30. The second-order valence-corrected chi connectivity index (χ2v) is 8.41. The molecular weight excluding hydrogens is 398 g/mol. The lowest BCUT2D eigenvalue weighted by atomic mass is 9.87. The number of hydrogen-bond acceptors (Lipinski definition) is 6. The van der Waals surface area contributed by atoms with Gasteiger partial charge in [0.1, 0.15) is 0 Å². The van der Waals surface area contributed by atoms with Crippen LogP contribution in [0, 0.1) is 13.8 Å². The number of esters is 1. The number of fused-ring (bicyclic) bond motifs is 1. The molecule has 3 rings (SSSR count). The van der Waals surface area contributed by atoms with Crippen LogP contribution in [0.25, 0.3) is 0 Å². The number of aromatic nitrogens is 2. The van der Waals surface area contributed by atoms with Crippen LogP contribution in [-0.2, 0) is 27.2 Å². The van der Waals surface area contributed by atoms with Gasteiger partial charge in [-0.05, 0) is 62.5 Å². The Balaban J connectivity index is 1.52. The summed E-state index contributed by atoms with van der Waals surface area (Å²) in [5.74, 6) is -0.557. The third kappa shape index (κ3) is 5.19. The first-order valence-electron chi connectivity index (χ1n) is 10.3. The third-order valence-electron chi connectivity index (χ3n) is 5.72. The molecule has 0 radical (unpaired) electrons. The summed E-state index contributed by atoms with van der Waals surface area (Å²) in [6.45, 7) is 3.62. The first-order chi connectivity index (χ1) is 14.4. The smallest absolute Gasteiger partial charge is 0.306 e. The van der Waals surface area contributed by atoms with Gasteiger partial charge in [-0.1, -0.05) is 36.0 Å². The Kier molecular flexibility index (Phi) is 7.48. The number of nitrogens with zero attached hydrogens (tertiary/aromatic N) is 3. The van der Waals surface area contributed by atoms with E-state index < -0.39 is 0 Å². The number of benzene rings is 1. The SMILES string of the molecule is CSc1nc(C)c(CCC(=O)OCC(=O)N(C)[C@@H]2CCCc3ccccc32)c(C)n1. The topological polar surface area (TPSA) is 72.4 Å². The first kappa shape index (κ1) is 22.3. The molecule has 160 valence electrons. The summed E-state index contributed by atoms with van der Waals surface area (Å²) in [6.07, 6.45) is 5.67. The fourth-order valence-electron chi connectivity index (χ4n) is 4.01. The van der Waals surface area contributed by atoms with E-state index in [4.69, 9.17) is 4.74 Å². The molecular formula is C23H29N3O3S. The standard InChI is InChI=1S/C23H29N3O3S/c1-15-18(16(2)25-23(24-15)30-4)12-13-22(28)29-14-21(27)26(3)20-11-7-9-17-8-5-6-10-19(17)20/h5-6,8,10,20H,7,9,11-14H2,1-4H3/t20-/m1/s1. The Bertz CT molecular complexity index is 909. The molecule has 1 aliphatic rings. The van der Waals surface area contributed by atoms with E-state index >= 15 is 0 Å². The molecule has 1 heterocycles. The van der Waals surface area contributed by atoms with Crippen molar-refractivity contribution < 1.29 is 14.3 Å². The second kappa shape index (κ2) is 10.1. The van der Waals surface area contributed by atoms with Gasteiger partial charge in [-0.3, -0.25) is 9.59 Å². The second-order valence-electron chi connectivity index (χ2n) is 7.63. The summed E-state index contributed by atoms with van der Waals surface area (Å²) in [4.78, 5) is 35.5. The van der Waals surface area contributed by atoms with Crippen molar-refractivity contribution in [2.45, 2.75) is 57.1 Å². The molecule has 7 heteroatoms. The van der Waals surface area contributed by atoms with E-state index in [1.807, 2.05) is 32.2 Å².